The molecule has 6 heteroatoms. The van der Waals surface area contributed by atoms with Crippen molar-refractivity contribution in [1.29, 1.82) is 0 Å². The second-order valence-electron chi connectivity index (χ2n) is 6.71. The molecule has 126 valence electrons. The number of piperidine rings is 1. The van der Waals surface area contributed by atoms with E-state index in [2.05, 4.69) is 10.1 Å². The summed E-state index contributed by atoms with van der Waals surface area (Å²) in [5, 5.41) is 4.77. The van der Waals surface area contributed by atoms with Crippen LogP contribution in [0.1, 0.15) is 43.9 Å². The Morgan fingerprint density at radius 3 is 2.67 bits per heavy atom. The van der Waals surface area contributed by atoms with E-state index in [1.54, 1.807) is 0 Å². The number of hydrogen-bond acceptors (Lipinski definition) is 4. The third-order valence-electron chi connectivity index (χ3n) is 5.08. The molecule has 1 aliphatic carbocycles. The first-order valence-electron chi connectivity index (χ1n) is 8.59. The second kappa shape index (κ2) is 6.55. The molecular formula is C18H20ClN3O2. The van der Waals surface area contributed by atoms with E-state index in [9.17, 15) is 4.79 Å². The molecule has 0 unspecified atom stereocenters. The van der Waals surface area contributed by atoms with Gasteiger partial charge in [-0.1, -0.05) is 23.2 Å². The highest BCUT2D eigenvalue weighted by Gasteiger charge is 2.34. The molecule has 2 heterocycles. The number of carbonyl (C=O) groups excluding carboxylic acids is 1. The first kappa shape index (κ1) is 15.6. The number of likely N-dealkylation sites (tertiary alicyclic amines) is 1. The maximum atomic E-state index is 12.5. The van der Waals surface area contributed by atoms with E-state index in [1.165, 1.54) is 6.42 Å². The molecule has 1 atom stereocenters. The van der Waals surface area contributed by atoms with Crippen LogP contribution >= 0.6 is 11.6 Å². The minimum absolute atomic E-state index is 0.135. The van der Waals surface area contributed by atoms with Crippen LogP contribution in [0.3, 0.4) is 0 Å². The molecule has 5 nitrogen and oxygen atoms in total. The Labute approximate surface area is 146 Å². The van der Waals surface area contributed by atoms with Crippen molar-refractivity contribution >= 4 is 17.5 Å². The van der Waals surface area contributed by atoms with E-state index in [0.717, 1.165) is 37.8 Å². The molecule has 0 spiro atoms. The SMILES string of the molecule is O=C(C1CCC1)N1CCC[C@@H](c2nc(-c3ccc(Cl)cc3)no2)C1. The molecule has 0 bridgehead atoms. The second-order valence-corrected chi connectivity index (χ2v) is 7.15. The van der Waals surface area contributed by atoms with Crippen molar-refractivity contribution in [2.75, 3.05) is 13.1 Å². The molecule has 0 N–H and O–H groups in total. The molecule has 2 aromatic rings. The van der Waals surface area contributed by atoms with Gasteiger partial charge in [0, 0.05) is 29.6 Å². The fraction of sp³-hybridized carbons (Fsp3) is 0.500. The molecule has 1 amide bonds. The Hall–Kier alpha value is -1.88. The van der Waals surface area contributed by atoms with Gasteiger partial charge in [0.05, 0.1) is 5.92 Å². The molecule has 24 heavy (non-hydrogen) atoms. The van der Waals surface area contributed by atoms with E-state index < -0.39 is 0 Å². The highest BCUT2D eigenvalue weighted by Crippen LogP contribution is 2.32. The average Bonchev–Trinajstić information content (AvgIpc) is 3.04. The third-order valence-corrected chi connectivity index (χ3v) is 5.33. The summed E-state index contributed by atoms with van der Waals surface area (Å²) < 4.78 is 5.49. The van der Waals surface area contributed by atoms with Crippen molar-refractivity contribution in [3.05, 3.63) is 35.2 Å². The van der Waals surface area contributed by atoms with Crippen molar-refractivity contribution in [2.45, 2.75) is 38.0 Å². The molecule has 1 saturated heterocycles. The van der Waals surface area contributed by atoms with Crippen molar-refractivity contribution in [1.82, 2.24) is 15.0 Å². The first-order chi connectivity index (χ1) is 11.7. The van der Waals surface area contributed by atoms with Crippen LogP contribution in [-0.4, -0.2) is 34.0 Å². The predicted molar refractivity (Wildman–Crippen MR) is 90.6 cm³/mol. The molecule has 1 saturated carbocycles. The standard InChI is InChI=1S/C18H20ClN3O2/c19-15-8-6-12(7-9-15)16-20-17(24-21-16)14-5-2-10-22(11-14)18(23)13-3-1-4-13/h6-9,13-14H,1-5,10-11H2/t14-/m1/s1. The molecule has 0 radical (unpaired) electrons. The smallest absolute Gasteiger partial charge is 0.231 e. The van der Waals surface area contributed by atoms with Gasteiger partial charge in [-0.2, -0.15) is 4.98 Å². The monoisotopic (exact) mass is 345 g/mol. The van der Waals surface area contributed by atoms with Crippen molar-refractivity contribution in [2.24, 2.45) is 5.92 Å². The summed E-state index contributed by atoms with van der Waals surface area (Å²) in [6.45, 7) is 1.54. The van der Waals surface area contributed by atoms with Gasteiger partial charge in [-0.25, -0.2) is 0 Å². The summed E-state index contributed by atoms with van der Waals surface area (Å²) in [5.41, 5.74) is 0.882. The quantitative estimate of drug-likeness (QED) is 0.846. The molecule has 2 fully saturated rings. The van der Waals surface area contributed by atoms with Crippen molar-refractivity contribution < 1.29 is 9.32 Å². The minimum Gasteiger partial charge on any atom is -0.342 e. The van der Waals surface area contributed by atoms with Gasteiger partial charge < -0.3 is 9.42 Å². The van der Waals surface area contributed by atoms with Crippen LogP contribution in [-0.2, 0) is 4.79 Å². The summed E-state index contributed by atoms with van der Waals surface area (Å²) in [6, 6.07) is 7.38. The van der Waals surface area contributed by atoms with E-state index in [-0.39, 0.29) is 11.8 Å². The van der Waals surface area contributed by atoms with Gasteiger partial charge in [0.25, 0.3) is 0 Å². The number of carbonyl (C=O) groups is 1. The number of amides is 1. The Balaban J connectivity index is 1.47. The molecule has 1 aromatic heterocycles. The zero-order valence-electron chi connectivity index (χ0n) is 13.4. The zero-order chi connectivity index (χ0) is 16.5. The van der Waals surface area contributed by atoms with Crippen LogP contribution in [0.15, 0.2) is 28.8 Å². The Morgan fingerprint density at radius 2 is 1.96 bits per heavy atom. The molecule has 4 rings (SSSR count). The highest BCUT2D eigenvalue weighted by atomic mass is 35.5. The fourth-order valence-electron chi connectivity index (χ4n) is 3.41. The van der Waals surface area contributed by atoms with Crippen LogP contribution in [0.4, 0.5) is 0 Å². The third kappa shape index (κ3) is 3.05. The maximum Gasteiger partial charge on any atom is 0.231 e. The molecule has 1 aliphatic heterocycles. The number of aromatic nitrogens is 2. The molecule has 1 aromatic carbocycles. The van der Waals surface area contributed by atoms with E-state index >= 15 is 0 Å². The Bertz CT molecular complexity index is 724. The van der Waals surface area contributed by atoms with E-state index in [4.69, 9.17) is 16.1 Å². The van der Waals surface area contributed by atoms with Crippen molar-refractivity contribution in [3.8, 4) is 11.4 Å². The summed E-state index contributed by atoms with van der Waals surface area (Å²) in [6.07, 6.45) is 5.24. The maximum absolute atomic E-state index is 12.5. The van der Waals surface area contributed by atoms with Gasteiger partial charge >= 0.3 is 0 Å². The normalized spacial score (nSPS) is 21.5. The average molecular weight is 346 g/mol. The van der Waals surface area contributed by atoms with Crippen LogP contribution in [0.5, 0.6) is 0 Å². The van der Waals surface area contributed by atoms with Crippen LogP contribution < -0.4 is 0 Å². The van der Waals surface area contributed by atoms with Gasteiger partial charge in [-0.15, -0.1) is 0 Å². The Morgan fingerprint density at radius 1 is 1.17 bits per heavy atom. The fourth-order valence-corrected chi connectivity index (χ4v) is 3.54. The zero-order valence-corrected chi connectivity index (χ0v) is 14.2. The topological polar surface area (TPSA) is 59.2 Å². The largest absolute Gasteiger partial charge is 0.342 e. The summed E-state index contributed by atoms with van der Waals surface area (Å²) in [7, 11) is 0. The first-order valence-corrected chi connectivity index (χ1v) is 8.97. The van der Waals surface area contributed by atoms with Gasteiger partial charge in [-0.05, 0) is 49.9 Å². The lowest BCUT2D eigenvalue weighted by atomic mass is 9.83. The van der Waals surface area contributed by atoms with Gasteiger partial charge in [0.2, 0.25) is 17.6 Å². The summed E-state index contributed by atoms with van der Waals surface area (Å²) >= 11 is 5.91. The van der Waals surface area contributed by atoms with Gasteiger partial charge in [-0.3, -0.25) is 4.79 Å². The highest BCUT2D eigenvalue weighted by molar-refractivity contribution is 6.30. The lowest BCUT2D eigenvalue weighted by molar-refractivity contribution is -0.139. The van der Waals surface area contributed by atoms with Crippen LogP contribution in [0, 0.1) is 5.92 Å². The van der Waals surface area contributed by atoms with Crippen molar-refractivity contribution in [3.63, 3.8) is 0 Å². The molecule has 2 aliphatic rings. The number of benzene rings is 1. The molecular weight excluding hydrogens is 326 g/mol. The summed E-state index contributed by atoms with van der Waals surface area (Å²) in [4.78, 5) is 19.0. The van der Waals surface area contributed by atoms with Crippen LogP contribution in [0.25, 0.3) is 11.4 Å². The number of nitrogens with zero attached hydrogens (tertiary/aromatic N) is 3. The predicted octanol–water partition coefficient (Wildman–Crippen LogP) is 3.90. The Kier molecular flexibility index (Phi) is 4.27. The number of halogens is 1. The number of rotatable bonds is 3. The van der Waals surface area contributed by atoms with Gasteiger partial charge in [0.1, 0.15) is 0 Å². The minimum atomic E-state index is 0.135. The van der Waals surface area contributed by atoms with E-state index in [0.29, 0.717) is 29.2 Å². The summed E-state index contributed by atoms with van der Waals surface area (Å²) in [5.74, 6) is 1.89. The van der Waals surface area contributed by atoms with E-state index in [1.807, 2.05) is 29.2 Å². The number of hydrogen-bond donors (Lipinski definition) is 0. The lowest BCUT2D eigenvalue weighted by Crippen LogP contribution is -2.44. The van der Waals surface area contributed by atoms with Gasteiger partial charge in [0.15, 0.2) is 0 Å². The van der Waals surface area contributed by atoms with Crippen LogP contribution in [0.2, 0.25) is 5.02 Å². The lowest BCUT2D eigenvalue weighted by Gasteiger charge is -2.36.